The number of benzene rings is 1. The summed E-state index contributed by atoms with van der Waals surface area (Å²) in [6.07, 6.45) is 3.56. The van der Waals surface area contributed by atoms with Crippen LogP contribution in [0.3, 0.4) is 0 Å². The topological polar surface area (TPSA) is 64.3 Å². The van der Waals surface area contributed by atoms with Gasteiger partial charge < -0.3 is 15.8 Å². The van der Waals surface area contributed by atoms with E-state index in [2.05, 4.69) is 30.4 Å². The Labute approximate surface area is 126 Å². The van der Waals surface area contributed by atoms with Crippen molar-refractivity contribution in [2.24, 2.45) is 11.1 Å². The fourth-order valence-corrected chi connectivity index (χ4v) is 2.66. The van der Waals surface area contributed by atoms with Crippen LogP contribution in [-0.4, -0.2) is 32.2 Å². The molecule has 114 valence electrons. The predicted octanol–water partition coefficient (Wildman–Crippen LogP) is 1.96. The lowest BCUT2D eigenvalue weighted by Crippen LogP contribution is -2.48. The molecule has 1 saturated heterocycles. The molecule has 0 bridgehead atoms. The van der Waals surface area contributed by atoms with Crippen molar-refractivity contribution < 1.29 is 9.53 Å². The highest BCUT2D eigenvalue weighted by Gasteiger charge is 2.37. The number of carbonyl (C=O) groups is 1. The fourth-order valence-electron chi connectivity index (χ4n) is 2.66. The summed E-state index contributed by atoms with van der Waals surface area (Å²) in [6, 6.07) is 10.2. The van der Waals surface area contributed by atoms with Gasteiger partial charge in [-0.05, 0) is 25.3 Å². The van der Waals surface area contributed by atoms with E-state index in [9.17, 15) is 4.79 Å². The first kappa shape index (κ1) is 15.7. The fraction of sp³-hybridized carbons (Fsp3) is 0.471. The van der Waals surface area contributed by atoms with Gasteiger partial charge >= 0.3 is 0 Å². The van der Waals surface area contributed by atoms with E-state index < -0.39 is 5.41 Å². The third kappa shape index (κ3) is 4.41. The zero-order valence-electron chi connectivity index (χ0n) is 12.6. The number of hydrogen-bond acceptors (Lipinski definition) is 3. The number of amides is 1. The smallest absolute Gasteiger partial charge is 0.225 e. The molecule has 4 heteroatoms. The lowest BCUT2D eigenvalue weighted by Gasteiger charge is -2.34. The van der Waals surface area contributed by atoms with Crippen molar-refractivity contribution in [1.29, 1.82) is 0 Å². The van der Waals surface area contributed by atoms with Gasteiger partial charge in [0.1, 0.15) is 0 Å². The summed E-state index contributed by atoms with van der Waals surface area (Å²) < 4.78 is 5.33. The lowest BCUT2D eigenvalue weighted by atomic mass is 9.79. The number of primary amides is 1. The van der Waals surface area contributed by atoms with Crippen molar-refractivity contribution in [2.75, 3.05) is 26.3 Å². The normalized spacial score (nSPS) is 18.4. The van der Waals surface area contributed by atoms with Gasteiger partial charge in [-0.3, -0.25) is 4.79 Å². The van der Waals surface area contributed by atoms with Crippen LogP contribution in [0.15, 0.2) is 35.9 Å². The molecule has 0 radical (unpaired) electrons. The standard InChI is InChI=1S/C17H24N2O2/c1-14(11-15-5-3-2-4-6-15)12-19-13-17(16(18)20)7-9-21-10-8-17/h2-6,11,19H,7-10,12-13H2,1H3,(H2,18,20)/b14-11+. The molecule has 0 aliphatic carbocycles. The Kier molecular flexibility index (Phi) is 5.53. The van der Waals surface area contributed by atoms with Crippen LogP contribution < -0.4 is 11.1 Å². The van der Waals surface area contributed by atoms with Crippen molar-refractivity contribution in [1.82, 2.24) is 5.32 Å². The Morgan fingerprint density at radius 1 is 1.33 bits per heavy atom. The van der Waals surface area contributed by atoms with E-state index in [0.29, 0.717) is 32.6 Å². The summed E-state index contributed by atoms with van der Waals surface area (Å²) in [5.74, 6) is -0.219. The summed E-state index contributed by atoms with van der Waals surface area (Å²) in [6.45, 7) is 4.68. The summed E-state index contributed by atoms with van der Waals surface area (Å²) in [5, 5.41) is 3.37. The van der Waals surface area contributed by atoms with Crippen LogP contribution in [0.1, 0.15) is 25.3 Å². The molecule has 0 unspecified atom stereocenters. The second-order valence-corrected chi connectivity index (χ2v) is 5.76. The lowest BCUT2D eigenvalue weighted by molar-refractivity contribution is -0.132. The van der Waals surface area contributed by atoms with Gasteiger partial charge in [-0.1, -0.05) is 42.0 Å². The van der Waals surface area contributed by atoms with Gasteiger partial charge in [0.2, 0.25) is 5.91 Å². The van der Waals surface area contributed by atoms with E-state index in [0.717, 1.165) is 6.54 Å². The Hall–Kier alpha value is -1.65. The van der Waals surface area contributed by atoms with Gasteiger partial charge in [0.05, 0.1) is 5.41 Å². The molecule has 0 saturated carbocycles. The van der Waals surface area contributed by atoms with Crippen LogP contribution in [0.25, 0.3) is 6.08 Å². The number of carbonyl (C=O) groups excluding carboxylic acids is 1. The van der Waals surface area contributed by atoms with E-state index >= 15 is 0 Å². The van der Waals surface area contributed by atoms with Crippen molar-refractivity contribution in [3.05, 3.63) is 41.5 Å². The molecule has 1 aliphatic heterocycles. The maximum Gasteiger partial charge on any atom is 0.225 e. The average Bonchev–Trinajstić information content (AvgIpc) is 2.49. The molecule has 1 aromatic carbocycles. The number of hydrogen-bond donors (Lipinski definition) is 2. The molecular weight excluding hydrogens is 264 g/mol. The minimum atomic E-state index is -0.453. The highest BCUT2D eigenvalue weighted by molar-refractivity contribution is 5.81. The zero-order chi connectivity index (χ0) is 15.1. The monoisotopic (exact) mass is 288 g/mol. The van der Waals surface area contributed by atoms with Gasteiger partial charge in [-0.25, -0.2) is 0 Å². The second kappa shape index (κ2) is 7.38. The van der Waals surface area contributed by atoms with E-state index in [-0.39, 0.29) is 5.91 Å². The highest BCUT2D eigenvalue weighted by Crippen LogP contribution is 2.29. The number of rotatable bonds is 6. The Bertz CT molecular complexity index is 491. The summed E-state index contributed by atoms with van der Waals surface area (Å²) >= 11 is 0. The summed E-state index contributed by atoms with van der Waals surface area (Å²) in [4.78, 5) is 11.8. The van der Waals surface area contributed by atoms with Crippen molar-refractivity contribution >= 4 is 12.0 Å². The minimum Gasteiger partial charge on any atom is -0.381 e. The predicted molar refractivity (Wildman–Crippen MR) is 84.6 cm³/mol. The summed E-state index contributed by atoms with van der Waals surface area (Å²) in [7, 11) is 0. The quantitative estimate of drug-likeness (QED) is 0.841. The molecule has 3 N–H and O–H groups in total. The first-order valence-electron chi connectivity index (χ1n) is 7.43. The van der Waals surface area contributed by atoms with Crippen LogP contribution in [-0.2, 0) is 9.53 Å². The molecule has 4 nitrogen and oxygen atoms in total. The van der Waals surface area contributed by atoms with Gasteiger partial charge in [0, 0.05) is 26.3 Å². The third-order valence-electron chi connectivity index (χ3n) is 4.05. The number of nitrogens with one attached hydrogen (secondary N) is 1. The van der Waals surface area contributed by atoms with E-state index in [1.165, 1.54) is 11.1 Å². The van der Waals surface area contributed by atoms with Crippen molar-refractivity contribution in [3.8, 4) is 0 Å². The number of nitrogens with two attached hydrogens (primary N) is 1. The molecule has 1 aromatic rings. The molecule has 0 atom stereocenters. The first-order valence-corrected chi connectivity index (χ1v) is 7.43. The van der Waals surface area contributed by atoms with Gasteiger partial charge in [0.15, 0.2) is 0 Å². The Morgan fingerprint density at radius 2 is 2.00 bits per heavy atom. The molecule has 2 rings (SSSR count). The molecule has 0 spiro atoms. The third-order valence-corrected chi connectivity index (χ3v) is 4.05. The summed E-state index contributed by atoms with van der Waals surface area (Å²) in [5.41, 5.74) is 7.56. The highest BCUT2D eigenvalue weighted by atomic mass is 16.5. The van der Waals surface area contributed by atoms with E-state index in [4.69, 9.17) is 10.5 Å². The van der Waals surface area contributed by atoms with Crippen LogP contribution in [0, 0.1) is 5.41 Å². The molecular formula is C17H24N2O2. The van der Waals surface area contributed by atoms with Crippen molar-refractivity contribution in [3.63, 3.8) is 0 Å². The van der Waals surface area contributed by atoms with Gasteiger partial charge in [0.25, 0.3) is 0 Å². The largest absolute Gasteiger partial charge is 0.381 e. The van der Waals surface area contributed by atoms with Gasteiger partial charge in [-0.2, -0.15) is 0 Å². The SMILES string of the molecule is C/C(=C\c1ccccc1)CNCC1(C(N)=O)CCOCC1. The maximum atomic E-state index is 11.8. The Balaban J connectivity index is 1.87. The molecule has 1 aliphatic rings. The van der Waals surface area contributed by atoms with Gasteiger partial charge in [-0.15, -0.1) is 0 Å². The minimum absolute atomic E-state index is 0.219. The molecule has 1 fully saturated rings. The molecule has 21 heavy (non-hydrogen) atoms. The molecule has 1 heterocycles. The second-order valence-electron chi connectivity index (χ2n) is 5.76. The van der Waals surface area contributed by atoms with Crippen molar-refractivity contribution in [2.45, 2.75) is 19.8 Å². The maximum absolute atomic E-state index is 11.8. The zero-order valence-corrected chi connectivity index (χ0v) is 12.6. The van der Waals surface area contributed by atoms with Crippen LogP contribution >= 0.6 is 0 Å². The van der Waals surface area contributed by atoms with Crippen LogP contribution in [0.5, 0.6) is 0 Å². The Morgan fingerprint density at radius 3 is 2.62 bits per heavy atom. The molecule has 0 aromatic heterocycles. The van der Waals surface area contributed by atoms with Crippen LogP contribution in [0.4, 0.5) is 0 Å². The first-order chi connectivity index (χ1) is 10.1. The van der Waals surface area contributed by atoms with Crippen LogP contribution in [0.2, 0.25) is 0 Å². The molecule has 1 amide bonds. The van der Waals surface area contributed by atoms with E-state index in [1.54, 1.807) is 0 Å². The number of ether oxygens (including phenoxy) is 1. The van der Waals surface area contributed by atoms with E-state index in [1.807, 2.05) is 18.2 Å². The average molecular weight is 288 g/mol.